The number of nitrogens with zero attached hydrogens (tertiary/aromatic N) is 1. The van der Waals surface area contributed by atoms with Crippen molar-refractivity contribution in [2.75, 3.05) is 0 Å². The minimum absolute atomic E-state index is 0.128. The fraction of sp³-hybridized carbons (Fsp3) is 0.167. The molecular formula is C12H10BrNO3. The SMILES string of the molecule is Cc1cc(Br)cc(-c2nc(CC(=O)O)co2)c1. The van der Waals surface area contributed by atoms with Crippen LogP contribution in [0.2, 0.25) is 0 Å². The Labute approximate surface area is 106 Å². The summed E-state index contributed by atoms with van der Waals surface area (Å²) >= 11 is 3.39. The van der Waals surface area contributed by atoms with Crippen LogP contribution in [0.3, 0.4) is 0 Å². The summed E-state index contributed by atoms with van der Waals surface area (Å²) in [4.78, 5) is 14.7. The second kappa shape index (κ2) is 4.71. The van der Waals surface area contributed by atoms with E-state index in [4.69, 9.17) is 9.52 Å². The summed E-state index contributed by atoms with van der Waals surface area (Å²) in [7, 11) is 0. The topological polar surface area (TPSA) is 63.3 Å². The summed E-state index contributed by atoms with van der Waals surface area (Å²) in [6.07, 6.45) is 1.25. The fourth-order valence-electron chi connectivity index (χ4n) is 1.54. The number of hydrogen-bond donors (Lipinski definition) is 1. The molecule has 4 nitrogen and oxygen atoms in total. The molecule has 0 fully saturated rings. The van der Waals surface area contributed by atoms with Crippen molar-refractivity contribution in [3.05, 3.63) is 40.2 Å². The molecule has 1 N–H and O–H groups in total. The van der Waals surface area contributed by atoms with Gasteiger partial charge in [-0.25, -0.2) is 4.98 Å². The van der Waals surface area contributed by atoms with Gasteiger partial charge in [0.25, 0.3) is 0 Å². The molecule has 0 saturated carbocycles. The number of carboxylic acid groups (broad SMARTS) is 1. The van der Waals surface area contributed by atoms with Crippen molar-refractivity contribution < 1.29 is 14.3 Å². The van der Waals surface area contributed by atoms with Gasteiger partial charge in [-0.2, -0.15) is 0 Å². The maximum Gasteiger partial charge on any atom is 0.309 e. The highest BCUT2D eigenvalue weighted by molar-refractivity contribution is 9.10. The molecule has 0 aliphatic rings. The molecule has 2 rings (SSSR count). The van der Waals surface area contributed by atoms with Crippen LogP contribution in [0, 0.1) is 6.92 Å². The Balaban J connectivity index is 2.33. The Hall–Kier alpha value is -1.62. The van der Waals surface area contributed by atoms with Crippen LogP contribution < -0.4 is 0 Å². The zero-order valence-corrected chi connectivity index (χ0v) is 10.7. The van der Waals surface area contributed by atoms with Crippen LogP contribution in [0.4, 0.5) is 0 Å². The predicted octanol–water partition coefficient (Wildman–Crippen LogP) is 3.04. The number of carbonyl (C=O) groups is 1. The van der Waals surface area contributed by atoms with Crippen LogP contribution in [0.5, 0.6) is 0 Å². The molecule has 0 spiro atoms. The molecule has 0 atom stereocenters. The van der Waals surface area contributed by atoms with Gasteiger partial charge in [-0.05, 0) is 30.7 Å². The van der Waals surface area contributed by atoms with Gasteiger partial charge in [0.05, 0.1) is 12.1 Å². The standard InChI is InChI=1S/C12H10BrNO3/c1-7-2-8(4-9(13)3-7)12-14-10(6-17-12)5-11(15)16/h2-4,6H,5H2,1H3,(H,15,16). The van der Waals surface area contributed by atoms with Gasteiger partial charge in [-0.15, -0.1) is 0 Å². The normalized spacial score (nSPS) is 10.5. The smallest absolute Gasteiger partial charge is 0.309 e. The first-order valence-corrected chi connectivity index (χ1v) is 5.77. The quantitative estimate of drug-likeness (QED) is 0.945. The molecule has 1 aromatic heterocycles. The molecule has 0 amide bonds. The largest absolute Gasteiger partial charge is 0.481 e. The number of hydrogen-bond acceptors (Lipinski definition) is 3. The zero-order chi connectivity index (χ0) is 12.4. The van der Waals surface area contributed by atoms with E-state index in [2.05, 4.69) is 20.9 Å². The molecule has 17 heavy (non-hydrogen) atoms. The third-order valence-corrected chi connectivity index (χ3v) is 2.63. The molecular weight excluding hydrogens is 286 g/mol. The summed E-state index contributed by atoms with van der Waals surface area (Å²) < 4.78 is 6.20. The van der Waals surface area contributed by atoms with Gasteiger partial charge in [0.1, 0.15) is 6.26 Å². The lowest BCUT2D eigenvalue weighted by Crippen LogP contribution is -1.99. The minimum atomic E-state index is -0.921. The summed E-state index contributed by atoms with van der Waals surface area (Å²) in [5, 5.41) is 8.65. The van der Waals surface area contributed by atoms with Gasteiger partial charge in [-0.3, -0.25) is 4.79 Å². The first-order chi connectivity index (χ1) is 8.04. The summed E-state index contributed by atoms with van der Waals surface area (Å²) in [5.74, 6) is -0.485. The van der Waals surface area contributed by atoms with Gasteiger partial charge in [0, 0.05) is 10.0 Å². The van der Waals surface area contributed by atoms with E-state index < -0.39 is 5.97 Å². The Bertz CT molecular complexity index is 542. The summed E-state index contributed by atoms with van der Waals surface area (Å²) in [6.45, 7) is 1.97. The number of aliphatic carboxylic acids is 1. The number of carboxylic acids is 1. The molecule has 0 aliphatic heterocycles. The molecule has 1 heterocycles. The van der Waals surface area contributed by atoms with Crippen molar-refractivity contribution in [1.29, 1.82) is 0 Å². The van der Waals surface area contributed by atoms with E-state index >= 15 is 0 Å². The monoisotopic (exact) mass is 295 g/mol. The average Bonchev–Trinajstić information content (AvgIpc) is 2.63. The molecule has 0 aliphatic carbocycles. The predicted molar refractivity (Wildman–Crippen MR) is 65.7 cm³/mol. The van der Waals surface area contributed by atoms with Crippen LogP contribution in [0.15, 0.2) is 33.4 Å². The maximum absolute atomic E-state index is 10.5. The molecule has 0 saturated heterocycles. The lowest BCUT2D eigenvalue weighted by molar-refractivity contribution is -0.136. The zero-order valence-electron chi connectivity index (χ0n) is 9.11. The van der Waals surface area contributed by atoms with Crippen molar-refractivity contribution in [2.24, 2.45) is 0 Å². The lowest BCUT2D eigenvalue weighted by Gasteiger charge is -1.99. The number of aryl methyl sites for hydroxylation is 1. The molecule has 0 unspecified atom stereocenters. The van der Waals surface area contributed by atoms with Crippen LogP contribution in [-0.2, 0) is 11.2 Å². The molecule has 5 heteroatoms. The lowest BCUT2D eigenvalue weighted by atomic mass is 10.1. The van der Waals surface area contributed by atoms with Gasteiger partial charge < -0.3 is 9.52 Å². The Morgan fingerprint density at radius 1 is 1.47 bits per heavy atom. The second-order valence-electron chi connectivity index (χ2n) is 3.73. The number of halogens is 1. The third-order valence-electron chi connectivity index (χ3n) is 2.17. The maximum atomic E-state index is 10.5. The van der Waals surface area contributed by atoms with Crippen molar-refractivity contribution in [2.45, 2.75) is 13.3 Å². The first kappa shape index (κ1) is 11.9. The van der Waals surface area contributed by atoms with Gasteiger partial charge in [0.15, 0.2) is 0 Å². The van der Waals surface area contributed by atoms with E-state index in [0.29, 0.717) is 11.6 Å². The average molecular weight is 296 g/mol. The van der Waals surface area contributed by atoms with Crippen molar-refractivity contribution in [3.8, 4) is 11.5 Å². The van der Waals surface area contributed by atoms with Crippen LogP contribution >= 0.6 is 15.9 Å². The number of aromatic nitrogens is 1. The van der Waals surface area contributed by atoms with E-state index in [1.807, 2.05) is 25.1 Å². The van der Waals surface area contributed by atoms with E-state index in [0.717, 1.165) is 15.6 Å². The summed E-state index contributed by atoms with van der Waals surface area (Å²) in [5.41, 5.74) is 2.33. The molecule has 0 bridgehead atoms. The Kier molecular flexibility index (Phi) is 3.28. The number of rotatable bonds is 3. The number of benzene rings is 1. The van der Waals surface area contributed by atoms with E-state index in [9.17, 15) is 4.79 Å². The molecule has 2 aromatic rings. The van der Waals surface area contributed by atoms with Crippen molar-refractivity contribution in [3.63, 3.8) is 0 Å². The second-order valence-corrected chi connectivity index (χ2v) is 4.65. The van der Waals surface area contributed by atoms with Crippen LogP contribution in [-0.4, -0.2) is 16.1 Å². The molecule has 88 valence electrons. The van der Waals surface area contributed by atoms with Crippen molar-refractivity contribution in [1.82, 2.24) is 4.98 Å². The van der Waals surface area contributed by atoms with Gasteiger partial charge in [-0.1, -0.05) is 15.9 Å². The van der Waals surface area contributed by atoms with E-state index in [-0.39, 0.29) is 6.42 Å². The highest BCUT2D eigenvalue weighted by atomic mass is 79.9. The van der Waals surface area contributed by atoms with Gasteiger partial charge in [0.2, 0.25) is 5.89 Å². The molecule has 1 aromatic carbocycles. The third kappa shape index (κ3) is 2.94. The van der Waals surface area contributed by atoms with E-state index in [1.54, 1.807) is 0 Å². The highest BCUT2D eigenvalue weighted by Gasteiger charge is 2.10. The van der Waals surface area contributed by atoms with Crippen molar-refractivity contribution >= 4 is 21.9 Å². The van der Waals surface area contributed by atoms with Crippen LogP contribution in [0.25, 0.3) is 11.5 Å². The Morgan fingerprint density at radius 2 is 2.24 bits per heavy atom. The van der Waals surface area contributed by atoms with Gasteiger partial charge >= 0.3 is 5.97 Å². The molecule has 0 radical (unpaired) electrons. The summed E-state index contributed by atoms with van der Waals surface area (Å²) in [6, 6.07) is 5.79. The minimum Gasteiger partial charge on any atom is -0.481 e. The van der Waals surface area contributed by atoms with E-state index in [1.165, 1.54) is 6.26 Å². The Morgan fingerprint density at radius 3 is 2.88 bits per heavy atom. The van der Waals surface area contributed by atoms with Crippen LogP contribution in [0.1, 0.15) is 11.3 Å². The number of oxazole rings is 1. The first-order valence-electron chi connectivity index (χ1n) is 4.98. The fourth-order valence-corrected chi connectivity index (χ4v) is 2.14. The highest BCUT2D eigenvalue weighted by Crippen LogP contribution is 2.24.